The van der Waals surface area contributed by atoms with Gasteiger partial charge in [-0.25, -0.2) is 0 Å². The fourth-order valence-electron chi connectivity index (χ4n) is 3.93. The Kier molecular flexibility index (Phi) is 6.61. The summed E-state index contributed by atoms with van der Waals surface area (Å²) in [7, 11) is 0. The SMILES string of the molecule is CCN=C(NC1CCN(C2CC2)CC1)NC1CC1c1ccccc1.I. The summed E-state index contributed by atoms with van der Waals surface area (Å²) in [6, 6.07) is 12.9. The lowest BCUT2D eigenvalue weighted by atomic mass is 10.1. The minimum atomic E-state index is 0. The van der Waals surface area contributed by atoms with Gasteiger partial charge in [0.15, 0.2) is 5.96 Å². The molecule has 3 fully saturated rings. The van der Waals surface area contributed by atoms with Crippen LogP contribution in [0, 0.1) is 0 Å². The summed E-state index contributed by atoms with van der Waals surface area (Å²) >= 11 is 0. The number of nitrogens with one attached hydrogen (secondary N) is 2. The lowest BCUT2D eigenvalue weighted by Gasteiger charge is -2.33. The van der Waals surface area contributed by atoms with Crippen LogP contribution in [0.4, 0.5) is 0 Å². The molecule has 2 N–H and O–H groups in total. The normalized spacial score (nSPS) is 27.5. The standard InChI is InChI=1S/C20H30N4.HI/c1-2-21-20(22-16-10-12-24(13-11-16)17-8-9-17)23-19-14-18(19)15-6-4-3-5-7-15;/h3-7,16-19H,2,8-14H2,1H3,(H2,21,22,23);1H. The second kappa shape index (κ2) is 8.71. The molecule has 2 aliphatic carbocycles. The molecule has 0 aromatic heterocycles. The van der Waals surface area contributed by atoms with Crippen molar-refractivity contribution >= 4 is 29.9 Å². The topological polar surface area (TPSA) is 39.7 Å². The van der Waals surface area contributed by atoms with E-state index in [4.69, 9.17) is 0 Å². The monoisotopic (exact) mass is 454 g/mol. The molecular formula is C20H31IN4. The zero-order chi connectivity index (χ0) is 16.4. The van der Waals surface area contributed by atoms with Gasteiger partial charge >= 0.3 is 0 Å². The van der Waals surface area contributed by atoms with Gasteiger partial charge in [0.1, 0.15) is 0 Å². The molecule has 1 aliphatic heterocycles. The lowest BCUT2D eigenvalue weighted by molar-refractivity contribution is 0.197. The zero-order valence-corrected chi connectivity index (χ0v) is 17.5. The summed E-state index contributed by atoms with van der Waals surface area (Å²) in [4.78, 5) is 7.35. The number of likely N-dealkylation sites (tertiary alicyclic amines) is 1. The molecule has 138 valence electrons. The van der Waals surface area contributed by atoms with Crippen molar-refractivity contribution < 1.29 is 0 Å². The van der Waals surface area contributed by atoms with E-state index < -0.39 is 0 Å². The maximum absolute atomic E-state index is 4.67. The molecule has 3 aliphatic rings. The molecule has 0 bridgehead atoms. The van der Waals surface area contributed by atoms with E-state index in [1.807, 2.05) is 0 Å². The molecule has 2 unspecified atom stereocenters. The highest BCUT2D eigenvalue weighted by Gasteiger charge is 2.39. The third-order valence-electron chi connectivity index (χ3n) is 5.59. The number of rotatable bonds is 5. The average Bonchev–Trinajstić information content (AvgIpc) is 3.51. The van der Waals surface area contributed by atoms with E-state index in [0.29, 0.717) is 18.0 Å². The Balaban J connectivity index is 0.00000182. The molecule has 1 aromatic carbocycles. The second-order valence-electron chi connectivity index (χ2n) is 7.51. The first-order valence-corrected chi connectivity index (χ1v) is 9.70. The Morgan fingerprint density at radius 1 is 1.08 bits per heavy atom. The van der Waals surface area contributed by atoms with E-state index >= 15 is 0 Å². The van der Waals surface area contributed by atoms with Crippen molar-refractivity contribution in [2.45, 2.75) is 63.1 Å². The smallest absolute Gasteiger partial charge is 0.191 e. The summed E-state index contributed by atoms with van der Waals surface area (Å²) in [5, 5.41) is 7.35. The van der Waals surface area contributed by atoms with E-state index in [-0.39, 0.29) is 24.0 Å². The predicted octanol–water partition coefficient (Wildman–Crippen LogP) is 3.34. The predicted molar refractivity (Wildman–Crippen MR) is 115 cm³/mol. The van der Waals surface area contributed by atoms with E-state index in [9.17, 15) is 0 Å². The summed E-state index contributed by atoms with van der Waals surface area (Å²) in [6.45, 7) is 5.44. The molecule has 0 radical (unpaired) electrons. The van der Waals surface area contributed by atoms with Gasteiger partial charge in [0, 0.05) is 43.7 Å². The molecule has 1 aromatic rings. The Morgan fingerprint density at radius 2 is 1.80 bits per heavy atom. The Bertz CT molecular complexity index is 564. The number of nitrogens with zero attached hydrogens (tertiary/aromatic N) is 2. The highest BCUT2D eigenvalue weighted by atomic mass is 127. The van der Waals surface area contributed by atoms with Crippen LogP contribution in [0.3, 0.4) is 0 Å². The third kappa shape index (κ3) is 5.09. The van der Waals surface area contributed by atoms with Gasteiger partial charge in [0.25, 0.3) is 0 Å². The van der Waals surface area contributed by atoms with Crippen LogP contribution < -0.4 is 10.6 Å². The average molecular weight is 454 g/mol. The maximum atomic E-state index is 4.67. The van der Waals surface area contributed by atoms with Gasteiger partial charge in [-0.05, 0) is 44.6 Å². The largest absolute Gasteiger partial charge is 0.354 e. The van der Waals surface area contributed by atoms with Crippen molar-refractivity contribution in [1.29, 1.82) is 0 Å². The van der Waals surface area contributed by atoms with Crippen LogP contribution in [0.2, 0.25) is 0 Å². The molecule has 4 rings (SSSR count). The molecule has 5 heteroatoms. The minimum Gasteiger partial charge on any atom is -0.354 e. The van der Waals surface area contributed by atoms with Gasteiger partial charge in [-0.3, -0.25) is 4.99 Å². The second-order valence-corrected chi connectivity index (χ2v) is 7.51. The molecule has 4 nitrogen and oxygen atoms in total. The third-order valence-corrected chi connectivity index (χ3v) is 5.59. The summed E-state index contributed by atoms with van der Waals surface area (Å²) in [6.07, 6.45) is 6.55. The first kappa shape index (κ1) is 19.0. The zero-order valence-electron chi connectivity index (χ0n) is 15.2. The summed E-state index contributed by atoms with van der Waals surface area (Å²) in [5.74, 6) is 1.66. The molecule has 1 heterocycles. The molecule has 2 atom stereocenters. The van der Waals surface area contributed by atoms with Crippen molar-refractivity contribution in [2.75, 3.05) is 19.6 Å². The molecule has 0 spiro atoms. The summed E-state index contributed by atoms with van der Waals surface area (Å²) < 4.78 is 0. The first-order chi connectivity index (χ1) is 11.8. The Morgan fingerprint density at radius 3 is 2.44 bits per heavy atom. The van der Waals surface area contributed by atoms with Crippen molar-refractivity contribution in [2.24, 2.45) is 4.99 Å². The fourth-order valence-corrected chi connectivity index (χ4v) is 3.93. The minimum absolute atomic E-state index is 0. The van der Waals surface area contributed by atoms with Crippen molar-refractivity contribution in [3.63, 3.8) is 0 Å². The van der Waals surface area contributed by atoms with Crippen LogP contribution in [-0.4, -0.2) is 48.6 Å². The van der Waals surface area contributed by atoms with E-state index in [1.165, 1.54) is 50.8 Å². The van der Waals surface area contributed by atoms with E-state index in [0.717, 1.165) is 18.5 Å². The van der Waals surface area contributed by atoms with Crippen LogP contribution in [0.25, 0.3) is 0 Å². The van der Waals surface area contributed by atoms with Gasteiger partial charge in [0.05, 0.1) is 0 Å². The van der Waals surface area contributed by atoms with Crippen molar-refractivity contribution in [3.05, 3.63) is 35.9 Å². The quantitative estimate of drug-likeness (QED) is 0.408. The van der Waals surface area contributed by atoms with Crippen LogP contribution in [0.15, 0.2) is 35.3 Å². The van der Waals surface area contributed by atoms with Gasteiger partial charge in [-0.1, -0.05) is 30.3 Å². The number of aliphatic imine (C=N–C) groups is 1. The van der Waals surface area contributed by atoms with Crippen LogP contribution in [0.5, 0.6) is 0 Å². The van der Waals surface area contributed by atoms with Crippen LogP contribution in [0.1, 0.15) is 50.5 Å². The molecule has 1 saturated heterocycles. The van der Waals surface area contributed by atoms with E-state index in [1.54, 1.807) is 0 Å². The molecular weight excluding hydrogens is 423 g/mol. The fraction of sp³-hybridized carbons (Fsp3) is 0.650. The van der Waals surface area contributed by atoms with Gasteiger partial charge < -0.3 is 15.5 Å². The number of guanidine groups is 1. The van der Waals surface area contributed by atoms with E-state index in [2.05, 4.69) is 57.8 Å². The van der Waals surface area contributed by atoms with Gasteiger partial charge in [0.2, 0.25) is 0 Å². The highest BCUT2D eigenvalue weighted by Crippen LogP contribution is 2.40. The number of hydrogen-bond acceptors (Lipinski definition) is 2. The van der Waals surface area contributed by atoms with Gasteiger partial charge in [-0.2, -0.15) is 0 Å². The van der Waals surface area contributed by atoms with Crippen molar-refractivity contribution in [3.8, 4) is 0 Å². The number of hydrogen-bond donors (Lipinski definition) is 2. The highest BCUT2D eigenvalue weighted by molar-refractivity contribution is 14.0. The number of benzene rings is 1. The summed E-state index contributed by atoms with van der Waals surface area (Å²) in [5.41, 5.74) is 1.45. The molecule has 25 heavy (non-hydrogen) atoms. The Labute approximate surface area is 168 Å². The number of halogens is 1. The molecule has 2 saturated carbocycles. The van der Waals surface area contributed by atoms with Gasteiger partial charge in [-0.15, -0.1) is 24.0 Å². The van der Waals surface area contributed by atoms with Crippen molar-refractivity contribution in [1.82, 2.24) is 15.5 Å². The maximum Gasteiger partial charge on any atom is 0.191 e. The lowest BCUT2D eigenvalue weighted by Crippen LogP contribution is -2.49. The van der Waals surface area contributed by atoms with Crippen LogP contribution >= 0.6 is 24.0 Å². The van der Waals surface area contributed by atoms with Crippen LogP contribution in [-0.2, 0) is 0 Å². The first-order valence-electron chi connectivity index (χ1n) is 9.70. The number of piperidine rings is 1. The molecule has 0 amide bonds. The Hall–Kier alpha value is -0.820.